The predicted molar refractivity (Wildman–Crippen MR) is 90.1 cm³/mol. The summed E-state index contributed by atoms with van der Waals surface area (Å²) in [6, 6.07) is 14.0. The van der Waals surface area contributed by atoms with Gasteiger partial charge in [0.05, 0.1) is 12.0 Å². The fraction of sp³-hybridized carbons (Fsp3) is 0.105. The van der Waals surface area contributed by atoms with E-state index in [0.717, 1.165) is 5.56 Å². The van der Waals surface area contributed by atoms with E-state index >= 15 is 0 Å². The molecule has 0 saturated heterocycles. The van der Waals surface area contributed by atoms with Crippen molar-refractivity contribution in [3.63, 3.8) is 0 Å². The van der Waals surface area contributed by atoms with E-state index in [2.05, 4.69) is 5.32 Å². The first-order valence-electron chi connectivity index (χ1n) is 7.58. The SMILES string of the molecule is O=C1C(Cl)=C(N[C@H](Cc2ccccc2)C(=O)[O-])C(=O)c2ccccc21. The molecule has 0 heterocycles. The van der Waals surface area contributed by atoms with Gasteiger partial charge in [0.25, 0.3) is 0 Å². The molecule has 25 heavy (non-hydrogen) atoms. The number of halogens is 1. The molecular formula is C19H13ClNO4-. The van der Waals surface area contributed by atoms with E-state index in [1.54, 1.807) is 36.4 Å². The number of carbonyl (C=O) groups excluding carboxylic acids is 3. The van der Waals surface area contributed by atoms with Gasteiger partial charge in [0.15, 0.2) is 0 Å². The smallest absolute Gasteiger partial charge is 0.211 e. The van der Waals surface area contributed by atoms with Crippen LogP contribution in [0.4, 0.5) is 0 Å². The second-order valence-electron chi connectivity index (χ2n) is 5.60. The van der Waals surface area contributed by atoms with Crippen LogP contribution in [-0.4, -0.2) is 23.6 Å². The number of carboxylic acids is 1. The Balaban J connectivity index is 1.92. The van der Waals surface area contributed by atoms with Crippen molar-refractivity contribution in [2.75, 3.05) is 0 Å². The van der Waals surface area contributed by atoms with E-state index < -0.39 is 23.6 Å². The minimum atomic E-state index is -1.39. The normalized spacial score (nSPS) is 14.9. The summed E-state index contributed by atoms with van der Waals surface area (Å²) >= 11 is 6.04. The molecule has 0 aliphatic heterocycles. The maximum Gasteiger partial charge on any atom is 0.211 e. The Labute approximate surface area is 148 Å². The number of ketones is 2. The first-order valence-corrected chi connectivity index (χ1v) is 7.96. The molecule has 5 nitrogen and oxygen atoms in total. The first kappa shape index (κ1) is 16.9. The van der Waals surface area contributed by atoms with Crippen molar-refractivity contribution >= 4 is 29.1 Å². The molecule has 2 aromatic rings. The van der Waals surface area contributed by atoms with Gasteiger partial charge in [-0.3, -0.25) is 9.59 Å². The molecule has 2 aromatic carbocycles. The van der Waals surface area contributed by atoms with Gasteiger partial charge < -0.3 is 15.2 Å². The summed E-state index contributed by atoms with van der Waals surface area (Å²) in [5, 5.41) is 13.8. The van der Waals surface area contributed by atoms with Crippen LogP contribution in [0.2, 0.25) is 0 Å². The Morgan fingerprint density at radius 1 is 0.960 bits per heavy atom. The van der Waals surface area contributed by atoms with E-state index in [-0.39, 0.29) is 28.3 Å². The monoisotopic (exact) mass is 354 g/mol. The number of aliphatic carboxylic acids is 1. The second kappa shape index (κ2) is 6.91. The zero-order valence-corrected chi connectivity index (χ0v) is 13.7. The van der Waals surface area contributed by atoms with E-state index in [1.165, 1.54) is 12.1 Å². The molecule has 0 bridgehead atoms. The number of rotatable bonds is 5. The number of fused-ring (bicyclic) bond motifs is 1. The zero-order valence-electron chi connectivity index (χ0n) is 13.0. The molecule has 0 aromatic heterocycles. The predicted octanol–water partition coefficient (Wildman–Crippen LogP) is 1.47. The number of hydrogen-bond acceptors (Lipinski definition) is 5. The van der Waals surface area contributed by atoms with Crippen molar-refractivity contribution in [1.82, 2.24) is 5.32 Å². The lowest BCUT2D eigenvalue weighted by atomic mass is 9.92. The van der Waals surface area contributed by atoms with E-state index in [0.29, 0.717) is 0 Å². The molecule has 0 unspecified atom stereocenters. The van der Waals surface area contributed by atoms with Crippen LogP contribution in [0, 0.1) is 0 Å². The topological polar surface area (TPSA) is 86.3 Å². The van der Waals surface area contributed by atoms with Crippen LogP contribution < -0.4 is 10.4 Å². The summed E-state index contributed by atoms with van der Waals surface area (Å²) in [7, 11) is 0. The maximum absolute atomic E-state index is 12.6. The lowest BCUT2D eigenvalue weighted by Crippen LogP contribution is -2.48. The summed E-state index contributed by atoms with van der Waals surface area (Å²) in [5.41, 5.74) is 0.929. The summed E-state index contributed by atoms with van der Waals surface area (Å²) < 4.78 is 0. The Morgan fingerprint density at radius 2 is 1.52 bits per heavy atom. The minimum Gasteiger partial charge on any atom is -0.548 e. The van der Waals surface area contributed by atoms with Crippen LogP contribution >= 0.6 is 11.6 Å². The van der Waals surface area contributed by atoms with Gasteiger partial charge in [0, 0.05) is 11.1 Å². The van der Waals surface area contributed by atoms with Gasteiger partial charge in [-0.1, -0.05) is 66.2 Å². The molecule has 1 aliphatic rings. The fourth-order valence-electron chi connectivity index (χ4n) is 2.69. The average Bonchev–Trinajstić information content (AvgIpc) is 2.63. The molecule has 1 aliphatic carbocycles. The number of benzene rings is 2. The van der Waals surface area contributed by atoms with Gasteiger partial charge in [0.2, 0.25) is 11.6 Å². The van der Waals surface area contributed by atoms with Crippen LogP contribution in [0.15, 0.2) is 65.3 Å². The largest absolute Gasteiger partial charge is 0.548 e. The van der Waals surface area contributed by atoms with Crippen molar-refractivity contribution in [3.05, 3.63) is 82.0 Å². The molecule has 0 amide bonds. The van der Waals surface area contributed by atoms with Crippen LogP contribution in [0.25, 0.3) is 0 Å². The van der Waals surface area contributed by atoms with E-state index in [9.17, 15) is 19.5 Å². The third-order valence-corrected chi connectivity index (χ3v) is 4.31. The van der Waals surface area contributed by atoms with E-state index in [1.807, 2.05) is 6.07 Å². The molecule has 1 atom stereocenters. The van der Waals surface area contributed by atoms with Crippen LogP contribution in [-0.2, 0) is 11.2 Å². The summed E-state index contributed by atoms with van der Waals surface area (Å²) in [4.78, 5) is 36.4. The Kier molecular flexibility index (Phi) is 4.67. The number of hydrogen-bond donors (Lipinski definition) is 1. The van der Waals surface area contributed by atoms with Crippen LogP contribution in [0.5, 0.6) is 0 Å². The van der Waals surface area contributed by atoms with Gasteiger partial charge in [-0.05, 0) is 12.0 Å². The van der Waals surface area contributed by atoms with Crippen molar-refractivity contribution < 1.29 is 19.5 Å². The highest BCUT2D eigenvalue weighted by molar-refractivity contribution is 6.49. The lowest BCUT2D eigenvalue weighted by molar-refractivity contribution is -0.308. The van der Waals surface area contributed by atoms with E-state index in [4.69, 9.17) is 11.6 Å². The van der Waals surface area contributed by atoms with Crippen molar-refractivity contribution in [2.24, 2.45) is 0 Å². The third kappa shape index (κ3) is 3.32. The Bertz CT molecular complexity index is 889. The van der Waals surface area contributed by atoms with Crippen molar-refractivity contribution in [2.45, 2.75) is 12.5 Å². The molecule has 0 saturated carbocycles. The number of carbonyl (C=O) groups is 3. The zero-order chi connectivity index (χ0) is 18.0. The van der Waals surface area contributed by atoms with Gasteiger partial charge >= 0.3 is 0 Å². The summed E-state index contributed by atoms with van der Waals surface area (Å²) in [6.07, 6.45) is 0.0833. The van der Waals surface area contributed by atoms with Gasteiger partial charge in [-0.15, -0.1) is 0 Å². The van der Waals surface area contributed by atoms with Crippen molar-refractivity contribution in [1.29, 1.82) is 0 Å². The number of allylic oxidation sites excluding steroid dienone is 2. The summed E-state index contributed by atoms with van der Waals surface area (Å²) in [6.45, 7) is 0. The lowest BCUT2D eigenvalue weighted by Gasteiger charge is -2.25. The average molecular weight is 355 g/mol. The highest BCUT2D eigenvalue weighted by atomic mass is 35.5. The molecule has 0 spiro atoms. The Morgan fingerprint density at radius 3 is 2.12 bits per heavy atom. The molecular weight excluding hydrogens is 342 g/mol. The highest BCUT2D eigenvalue weighted by Gasteiger charge is 2.32. The van der Waals surface area contributed by atoms with Gasteiger partial charge in [0.1, 0.15) is 10.7 Å². The van der Waals surface area contributed by atoms with Crippen LogP contribution in [0.1, 0.15) is 26.3 Å². The Hall–Kier alpha value is -2.92. The molecule has 1 N–H and O–H groups in total. The second-order valence-corrected chi connectivity index (χ2v) is 5.98. The van der Waals surface area contributed by atoms with Gasteiger partial charge in [-0.2, -0.15) is 0 Å². The van der Waals surface area contributed by atoms with Crippen molar-refractivity contribution in [3.8, 4) is 0 Å². The number of carboxylic acid groups (broad SMARTS) is 1. The molecule has 126 valence electrons. The molecule has 6 heteroatoms. The van der Waals surface area contributed by atoms with Crippen LogP contribution in [0.3, 0.4) is 0 Å². The standard InChI is InChI=1S/C19H14ClNO4/c20-15-16(18(23)13-9-5-4-8-12(13)17(15)22)21-14(19(24)25)10-11-6-2-1-3-7-11/h1-9,14,21H,10H2,(H,24,25)/p-1/t14-/m1/s1. The number of Topliss-reactive ketones (excluding diaryl/α,β-unsaturated/α-hetero) is 2. The third-order valence-electron chi connectivity index (χ3n) is 3.95. The molecule has 0 fully saturated rings. The number of nitrogens with one attached hydrogen (secondary N) is 1. The first-order chi connectivity index (χ1) is 12.0. The fourth-order valence-corrected chi connectivity index (χ4v) is 2.93. The molecule has 3 rings (SSSR count). The quantitative estimate of drug-likeness (QED) is 0.878. The van der Waals surface area contributed by atoms with Gasteiger partial charge in [-0.25, -0.2) is 0 Å². The summed E-state index contributed by atoms with van der Waals surface area (Å²) in [5.74, 6) is -2.42. The minimum absolute atomic E-state index is 0.0833. The molecule has 0 radical (unpaired) electrons. The highest BCUT2D eigenvalue weighted by Crippen LogP contribution is 2.27. The maximum atomic E-state index is 12.6.